The summed E-state index contributed by atoms with van der Waals surface area (Å²) in [6.07, 6.45) is 0.292. The molecule has 1 N–H and O–H groups in total. The van der Waals surface area contributed by atoms with Crippen LogP contribution in [0, 0.1) is 0 Å². The Balaban J connectivity index is 2.34. The second-order valence-electron chi connectivity index (χ2n) is 10.1. The van der Waals surface area contributed by atoms with Gasteiger partial charge in [0.15, 0.2) is 0 Å². The quantitative estimate of drug-likeness (QED) is 0.486. The Morgan fingerprint density at radius 3 is 2.12 bits per heavy atom. The Morgan fingerprint density at radius 1 is 1.03 bits per heavy atom. The fourth-order valence-electron chi connectivity index (χ4n) is 3.33. The van der Waals surface area contributed by atoms with Gasteiger partial charge < -0.3 is 19.1 Å². The lowest BCUT2D eigenvalue weighted by molar-refractivity contribution is -0.146. The van der Waals surface area contributed by atoms with Crippen LogP contribution in [0.3, 0.4) is 0 Å². The summed E-state index contributed by atoms with van der Waals surface area (Å²) in [6.45, 7) is 13.0. The monoisotopic (exact) mass is 448 g/mol. The summed E-state index contributed by atoms with van der Waals surface area (Å²) < 4.78 is 16.1. The summed E-state index contributed by atoms with van der Waals surface area (Å²) in [5.41, 5.74) is 0.0570. The number of carbonyl (C=O) groups is 3. The lowest BCUT2D eigenvalue weighted by atomic mass is 9.90. The first-order valence-corrected chi connectivity index (χ1v) is 10.9. The van der Waals surface area contributed by atoms with Gasteiger partial charge in [-0.15, -0.1) is 0 Å². The molecule has 0 atom stereocenters. The molecule has 0 unspecified atom stereocenters. The number of esters is 1. The third kappa shape index (κ3) is 6.87. The van der Waals surface area contributed by atoms with Gasteiger partial charge in [0, 0.05) is 19.3 Å². The zero-order chi connectivity index (χ0) is 24.3. The number of benzene rings is 1. The molecule has 8 heteroatoms. The van der Waals surface area contributed by atoms with Gasteiger partial charge in [-0.2, -0.15) is 0 Å². The second kappa shape index (κ2) is 9.38. The minimum atomic E-state index is -0.718. The highest BCUT2D eigenvalue weighted by molar-refractivity contribution is 5.89. The number of rotatable bonds is 6. The van der Waals surface area contributed by atoms with Gasteiger partial charge in [0.1, 0.15) is 11.2 Å². The number of hydrogen-bond donors (Lipinski definition) is 1. The molecule has 0 bridgehead atoms. The third-order valence-corrected chi connectivity index (χ3v) is 4.79. The molecule has 0 heterocycles. The molecule has 178 valence electrons. The number of anilines is 1. The van der Waals surface area contributed by atoms with E-state index in [1.807, 2.05) is 6.07 Å². The van der Waals surface area contributed by atoms with Crippen LogP contribution in [-0.4, -0.2) is 47.9 Å². The highest BCUT2D eigenvalue weighted by Gasteiger charge is 2.53. The number of carbonyl (C=O) groups excluding carboxylic acids is 3. The second-order valence-corrected chi connectivity index (χ2v) is 10.1. The predicted octanol–water partition coefficient (Wildman–Crippen LogP) is 5.00. The molecule has 0 aliphatic heterocycles. The molecule has 0 spiro atoms. The summed E-state index contributed by atoms with van der Waals surface area (Å²) in [5, 5.41) is 2.72. The number of amides is 2. The molecule has 1 aliphatic rings. The van der Waals surface area contributed by atoms with Gasteiger partial charge in [-0.1, -0.05) is 6.07 Å². The highest BCUT2D eigenvalue weighted by Crippen LogP contribution is 2.51. The molecule has 1 aromatic rings. The molecular formula is C24H36N2O6. The van der Waals surface area contributed by atoms with Crippen molar-refractivity contribution < 1.29 is 28.6 Å². The summed E-state index contributed by atoms with van der Waals surface area (Å²) in [4.78, 5) is 38.9. The van der Waals surface area contributed by atoms with Crippen LogP contribution >= 0.6 is 0 Å². The topological polar surface area (TPSA) is 94.2 Å². The van der Waals surface area contributed by atoms with Crippen LogP contribution in [0.1, 0.15) is 72.4 Å². The Hall–Kier alpha value is -2.77. The minimum Gasteiger partial charge on any atom is -0.465 e. The van der Waals surface area contributed by atoms with Crippen molar-refractivity contribution in [1.82, 2.24) is 4.90 Å². The third-order valence-electron chi connectivity index (χ3n) is 4.79. The average Bonchev–Trinajstić information content (AvgIpc) is 3.40. The zero-order valence-electron chi connectivity index (χ0n) is 20.5. The van der Waals surface area contributed by atoms with Gasteiger partial charge in [-0.3, -0.25) is 10.1 Å². The number of nitrogens with zero attached hydrogens (tertiary/aromatic N) is 1. The molecular weight excluding hydrogens is 412 g/mol. The van der Waals surface area contributed by atoms with Crippen LogP contribution in [0.15, 0.2) is 18.2 Å². The van der Waals surface area contributed by atoms with E-state index in [-0.39, 0.29) is 12.5 Å². The number of nitrogens with one attached hydrogen (secondary N) is 1. The lowest BCUT2D eigenvalue weighted by Gasteiger charge is -2.27. The minimum absolute atomic E-state index is 0.204. The van der Waals surface area contributed by atoms with Crippen molar-refractivity contribution in [1.29, 1.82) is 0 Å². The molecule has 0 radical (unpaired) electrons. The van der Waals surface area contributed by atoms with Crippen molar-refractivity contribution in [3.05, 3.63) is 29.3 Å². The maximum absolute atomic E-state index is 12.7. The first-order chi connectivity index (χ1) is 14.7. The van der Waals surface area contributed by atoms with E-state index >= 15 is 0 Å². The van der Waals surface area contributed by atoms with Crippen molar-refractivity contribution in [2.75, 3.05) is 19.0 Å². The van der Waals surface area contributed by atoms with E-state index in [0.29, 0.717) is 25.1 Å². The summed E-state index contributed by atoms with van der Waals surface area (Å²) in [7, 11) is 1.63. The normalized spacial score (nSPS) is 14.9. The molecule has 8 nitrogen and oxygen atoms in total. The Morgan fingerprint density at radius 2 is 1.62 bits per heavy atom. The van der Waals surface area contributed by atoms with E-state index in [2.05, 4.69) is 5.32 Å². The van der Waals surface area contributed by atoms with Gasteiger partial charge in [0.2, 0.25) is 0 Å². The SMILES string of the molecule is CCOC(=O)C1(c2ccc(NC(=O)OC(C)(C)C)cc2CN(C)C(=O)OC(C)(C)C)CC1. The van der Waals surface area contributed by atoms with Gasteiger partial charge >= 0.3 is 18.2 Å². The van der Waals surface area contributed by atoms with Gasteiger partial charge in [0.05, 0.1) is 12.0 Å². The Bertz CT molecular complexity index is 862. The van der Waals surface area contributed by atoms with E-state index in [9.17, 15) is 14.4 Å². The van der Waals surface area contributed by atoms with E-state index in [1.165, 1.54) is 4.90 Å². The fraction of sp³-hybridized carbons (Fsp3) is 0.625. The summed E-state index contributed by atoms with van der Waals surface area (Å²) in [6, 6.07) is 5.31. The van der Waals surface area contributed by atoms with Gasteiger partial charge in [0.25, 0.3) is 0 Å². The molecule has 2 amide bonds. The van der Waals surface area contributed by atoms with Crippen LogP contribution in [-0.2, 0) is 31.0 Å². The van der Waals surface area contributed by atoms with Crippen LogP contribution in [0.25, 0.3) is 0 Å². The average molecular weight is 449 g/mol. The van der Waals surface area contributed by atoms with E-state index < -0.39 is 28.8 Å². The fourth-order valence-corrected chi connectivity index (χ4v) is 3.33. The van der Waals surface area contributed by atoms with Crippen LogP contribution < -0.4 is 5.32 Å². The highest BCUT2D eigenvalue weighted by atomic mass is 16.6. The first-order valence-electron chi connectivity index (χ1n) is 10.9. The smallest absolute Gasteiger partial charge is 0.412 e. The Kier molecular flexibility index (Phi) is 7.47. The maximum Gasteiger partial charge on any atom is 0.412 e. The van der Waals surface area contributed by atoms with Crippen LogP contribution in [0.2, 0.25) is 0 Å². The first kappa shape index (κ1) is 25.5. The standard InChI is InChI=1S/C24H36N2O6/c1-9-30-19(27)24(12-13-24)18-11-10-17(25-20(28)31-22(2,3)4)14-16(18)15-26(8)21(29)32-23(5,6)7/h10-11,14H,9,12-13,15H2,1-8H3,(H,25,28). The van der Waals surface area contributed by atoms with Crippen LogP contribution in [0.5, 0.6) is 0 Å². The van der Waals surface area contributed by atoms with Gasteiger partial charge in [-0.05, 0) is 84.6 Å². The summed E-state index contributed by atoms with van der Waals surface area (Å²) in [5.74, 6) is -0.269. The number of hydrogen-bond acceptors (Lipinski definition) is 6. The Labute approximate surface area is 190 Å². The van der Waals surface area contributed by atoms with E-state index in [0.717, 1.165) is 11.1 Å². The molecule has 1 saturated carbocycles. The molecule has 1 aromatic carbocycles. The maximum atomic E-state index is 12.7. The zero-order valence-corrected chi connectivity index (χ0v) is 20.5. The van der Waals surface area contributed by atoms with Crippen molar-refractivity contribution in [2.24, 2.45) is 0 Å². The molecule has 32 heavy (non-hydrogen) atoms. The molecule has 1 aliphatic carbocycles. The largest absolute Gasteiger partial charge is 0.465 e. The lowest BCUT2D eigenvalue weighted by Crippen LogP contribution is -2.34. The molecule has 1 fully saturated rings. The molecule has 2 rings (SSSR count). The number of ether oxygens (including phenoxy) is 3. The summed E-state index contributed by atoms with van der Waals surface area (Å²) >= 11 is 0. The molecule has 0 aromatic heterocycles. The van der Waals surface area contributed by atoms with E-state index in [1.54, 1.807) is 67.6 Å². The van der Waals surface area contributed by atoms with Crippen molar-refractivity contribution in [2.45, 2.75) is 84.5 Å². The molecule has 0 saturated heterocycles. The van der Waals surface area contributed by atoms with Crippen molar-refractivity contribution in [3.63, 3.8) is 0 Å². The van der Waals surface area contributed by atoms with Crippen LogP contribution in [0.4, 0.5) is 15.3 Å². The van der Waals surface area contributed by atoms with E-state index in [4.69, 9.17) is 14.2 Å². The van der Waals surface area contributed by atoms with Crippen molar-refractivity contribution >= 4 is 23.8 Å². The van der Waals surface area contributed by atoms with Gasteiger partial charge in [-0.25, -0.2) is 9.59 Å². The van der Waals surface area contributed by atoms with Crippen molar-refractivity contribution in [3.8, 4) is 0 Å². The predicted molar refractivity (Wildman–Crippen MR) is 122 cm³/mol.